The van der Waals surface area contributed by atoms with Gasteiger partial charge in [0.25, 0.3) is 0 Å². The molecule has 2 rings (SSSR count). The van der Waals surface area contributed by atoms with E-state index in [0.717, 1.165) is 32.2 Å². The molecular formula is C11H19NO2S. The van der Waals surface area contributed by atoms with Gasteiger partial charge in [0.05, 0.1) is 0 Å². The zero-order valence-corrected chi connectivity index (χ0v) is 10.3. The molecule has 0 radical (unpaired) electrons. The van der Waals surface area contributed by atoms with Gasteiger partial charge in [-0.15, -0.1) is 0 Å². The molecule has 2 heterocycles. The van der Waals surface area contributed by atoms with Crippen molar-refractivity contribution in [2.75, 3.05) is 12.8 Å². The lowest BCUT2D eigenvalue weighted by Crippen LogP contribution is -2.46. The van der Waals surface area contributed by atoms with Crippen molar-refractivity contribution in [2.45, 2.75) is 49.9 Å². The summed E-state index contributed by atoms with van der Waals surface area (Å²) in [4.78, 5) is 13.8. The highest BCUT2D eigenvalue weighted by Crippen LogP contribution is 2.33. The molecule has 4 atom stereocenters. The highest BCUT2D eigenvalue weighted by molar-refractivity contribution is 7.84. The van der Waals surface area contributed by atoms with E-state index in [-0.39, 0.29) is 5.25 Å². The number of fused-ring (bicyclic) bond motifs is 2. The molecule has 4 heteroatoms. The third-order valence-corrected chi connectivity index (χ3v) is 5.01. The average Bonchev–Trinajstić information content (AvgIpc) is 2.42. The Bertz CT molecular complexity index is 276. The first-order valence-corrected chi connectivity index (χ1v) is 7.29. The molecule has 4 unspecified atom stereocenters. The Labute approximate surface area is 93.7 Å². The molecule has 3 nitrogen and oxygen atoms in total. The molecule has 2 bridgehead atoms. The first-order chi connectivity index (χ1) is 7.08. The summed E-state index contributed by atoms with van der Waals surface area (Å²) in [6.45, 7) is 2.93. The van der Waals surface area contributed by atoms with Crippen molar-refractivity contribution >= 4 is 16.6 Å². The molecule has 2 saturated heterocycles. The highest BCUT2D eigenvalue weighted by atomic mass is 32.2. The number of hydrogen-bond donors (Lipinski definition) is 0. The maximum absolute atomic E-state index is 11.4. The molecule has 2 aliphatic heterocycles. The SMILES string of the molecule is CC(CN1C2CCC1CC(=O)C2)S(C)=O. The number of Topliss-reactive ketones (excluding diaryl/α,β-unsaturated/α-hetero) is 1. The molecule has 0 saturated carbocycles. The Morgan fingerprint density at radius 1 is 1.40 bits per heavy atom. The van der Waals surface area contributed by atoms with E-state index in [1.165, 1.54) is 0 Å². The van der Waals surface area contributed by atoms with Crippen molar-refractivity contribution in [2.24, 2.45) is 0 Å². The van der Waals surface area contributed by atoms with Gasteiger partial charge in [0.2, 0.25) is 0 Å². The van der Waals surface area contributed by atoms with Crippen LogP contribution in [0.3, 0.4) is 0 Å². The van der Waals surface area contributed by atoms with Crippen LogP contribution in [0.15, 0.2) is 0 Å². The van der Waals surface area contributed by atoms with Crippen molar-refractivity contribution in [3.63, 3.8) is 0 Å². The van der Waals surface area contributed by atoms with E-state index >= 15 is 0 Å². The fourth-order valence-electron chi connectivity index (χ4n) is 2.76. The largest absolute Gasteiger partial charge is 0.300 e. The summed E-state index contributed by atoms with van der Waals surface area (Å²) >= 11 is 0. The molecule has 0 aromatic heterocycles. The first kappa shape index (κ1) is 11.3. The van der Waals surface area contributed by atoms with Crippen LogP contribution in [0, 0.1) is 0 Å². The molecular weight excluding hydrogens is 210 g/mol. The van der Waals surface area contributed by atoms with Crippen molar-refractivity contribution < 1.29 is 9.00 Å². The van der Waals surface area contributed by atoms with Crippen molar-refractivity contribution in [3.05, 3.63) is 0 Å². The number of hydrogen-bond acceptors (Lipinski definition) is 3. The Morgan fingerprint density at radius 2 is 1.93 bits per heavy atom. The van der Waals surface area contributed by atoms with Crippen LogP contribution in [0.4, 0.5) is 0 Å². The Hall–Kier alpha value is -0.220. The van der Waals surface area contributed by atoms with Crippen LogP contribution in [0.25, 0.3) is 0 Å². The van der Waals surface area contributed by atoms with Gasteiger partial charge in [0.1, 0.15) is 5.78 Å². The predicted molar refractivity (Wildman–Crippen MR) is 61.3 cm³/mol. The normalized spacial score (nSPS) is 35.5. The van der Waals surface area contributed by atoms with Crippen molar-refractivity contribution in [3.8, 4) is 0 Å². The topological polar surface area (TPSA) is 37.4 Å². The standard InChI is InChI=1S/C11H19NO2S/c1-8(15(2)14)7-12-9-3-4-10(12)6-11(13)5-9/h8-10H,3-7H2,1-2H3. The molecule has 0 aromatic carbocycles. The van der Waals surface area contributed by atoms with Crippen LogP contribution in [-0.2, 0) is 15.6 Å². The van der Waals surface area contributed by atoms with Crippen LogP contribution in [0.2, 0.25) is 0 Å². The molecule has 0 aromatic rings. The Kier molecular flexibility index (Phi) is 3.26. The number of carbonyl (C=O) groups excluding carboxylic acids is 1. The summed E-state index contributed by atoms with van der Waals surface area (Å²) in [6.07, 6.45) is 5.51. The van der Waals surface area contributed by atoms with Gasteiger partial charge >= 0.3 is 0 Å². The molecule has 0 amide bonds. The van der Waals surface area contributed by atoms with Gasteiger partial charge in [0.15, 0.2) is 0 Å². The van der Waals surface area contributed by atoms with Gasteiger partial charge < -0.3 is 0 Å². The van der Waals surface area contributed by atoms with E-state index < -0.39 is 10.8 Å². The fourth-order valence-corrected chi connectivity index (χ4v) is 3.14. The number of rotatable bonds is 3. The summed E-state index contributed by atoms with van der Waals surface area (Å²) in [7, 11) is -0.749. The molecule has 15 heavy (non-hydrogen) atoms. The van der Waals surface area contributed by atoms with Gasteiger partial charge in [-0.25, -0.2) is 0 Å². The van der Waals surface area contributed by atoms with Crippen molar-refractivity contribution in [1.29, 1.82) is 0 Å². The van der Waals surface area contributed by atoms with Gasteiger partial charge in [-0.3, -0.25) is 13.9 Å². The summed E-state index contributed by atoms with van der Waals surface area (Å²) in [5.41, 5.74) is 0. The summed E-state index contributed by atoms with van der Waals surface area (Å²) < 4.78 is 11.3. The second-order valence-corrected chi connectivity index (χ2v) is 6.64. The van der Waals surface area contributed by atoms with E-state index in [1.807, 2.05) is 6.92 Å². The number of piperidine rings is 1. The lowest BCUT2D eigenvalue weighted by molar-refractivity contribution is -0.123. The van der Waals surface area contributed by atoms with Gasteiger partial charge in [-0.2, -0.15) is 0 Å². The van der Waals surface area contributed by atoms with Gasteiger partial charge in [0, 0.05) is 53.8 Å². The first-order valence-electron chi connectivity index (χ1n) is 5.67. The van der Waals surface area contributed by atoms with Crippen LogP contribution in [0.5, 0.6) is 0 Å². The highest BCUT2D eigenvalue weighted by Gasteiger charge is 2.40. The third-order valence-electron chi connectivity index (χ3n) is 3.73. The van der Waals surface area contributed by atoms with Gasteiger partial charge in [-0.05, 0) is 19.8 Å². The predicted octanol–water partition coefficient (Wildman–Crippen LogP) is 0.949. The summed E-state index contributed by atoms with van der Waals surface area (Å²) in [6, 6.07) is 0.893. The van der Waals surface area contributed by atoms with Crippen molar-refractivity contribution in [1.82, 2.24) is 4.90 Å². The minimum atomic E-state index is -0.749. The molecule has 2 aliphatic rings. The summed E-state index contributed by atoms with van der Waals surface area (Å²) in [5.74, 6) is 0.420. The lowest BCUT2D eigenvalue weighted by atomic mass is 10.0. The van der Waals surface area contributed by atoms with Crippen LogP contribution in [-0.4, -0.2) is 45.0 Å². The summed E-state index contributed by atoms with van der Waals surface area (Å²) in [5, 5.41) is 0.223. The van der Waals surface area contributed by atoms with E-state index in [9.17, 15) is 9.00 Å². The second-order valence-electron chi connectivity index (χ2n) is 4.84. The minimum Gasteiger partial charge on any atom is -0.300 e. The Morgan fingerprint density at radius 3 is 2.40 bits per heavy atom. The average molecular weight is 229 g/mol. The van der Waals surface area contributed by atoms with Crippen LogP contribution < -0.4 is 0 Å². The van der Waals surface area contributed by atoms with Crippen LogP contribution in [0.1, 0.15) is 32.6 Å². The Balaban J connectivity index is 1.99. The zero-order chi connectivity index (χ0) is 11.0. The molecule has 0 aliphatic carbocycles. The van der Waals surface area contributed by atoms with E-state index in [1.54, 1.807) is 6.26 Å². The maximum atomic E-state index is 11.4. The number of ketones is 1. The molecule has 0 spiro atoms. The molecule has 86 valence electrons. The lowest BCUT2D eigenvalue weighted by Gasteiger charge is -2.35. The zero-order valence-electron chi connectivity index (χ0n) is 9.44. The van der Waals surface area contributed by atoms with E-state index in [0.29, 0.717) is 17.9 Å². The van der Waals surface area contributed by atoms with E-state index in [2.05, 4.69) is 4.90 Å². The molecule has 0 N–H and O–H groups in total. The minimum absolute atomic E-state index is 0.223. The van der Waals surface area contributed by atoms with E-state index in [4.69, 9.17) is 0 Å². The maximum Gasteiger partial charge on any atom is 0.136 e. The third kappa shape index (κ3) is 2.31. The number of carbonyl (C=O) groups is 1. The fraction of sp³-hybridized carbons (Fsp3) is 0.909. The van der Waals surface area contributed by atoms with Crippen LogP contribution >= 0.6 is 0 Å². The number of nitrogens with zero attached hydrogens (tertiary/aromatic N) is 1. The van der Waals surface area contributed by atoms with Gasteiger partial charge in [-0.1, -0.05) is 0 Å². The quantitative estimate of drug-likeness (QED) is 0.723. The smallest absolute Gasteiger partial charge is 0.136 e. The molecule has 2 fully saturated rings. The monoisotopic (exact) mass is 229 g/mol. The second kappa shape index (κ2) is 4.34.